The van der Waals surface area contributed by atoms with Gasteiger partial charge < -0.3 is 24.4 Å². The van der Waals surface area contributed by atoms with Gasteiger partial charge in [-0.3, -0.25) is 0 Å². The summed E-state index contributed by atoms with van der Waals surface area (Å²) in [6.45, 7) is 0. The van der Waals surface area contributed by atoms with Gasteiger partial charge >= 0.3 is 19.1 Å². The maximum Gasteiger partial charge on any atom is 0.495 e. The standard InChI is InChI=1S/C31H23BN2O6/c33-20-23(19-21-11-15-24(16-12-21)32-39-28(30(35)36)29(40-32)31(37)38)22-13-17-27(18-14-22)34(25-7-3-1-4-8-25)26-9-5-2-6-10-26/h1-19,28-29H,(H,35,36)(H,37,38)/b23-19+/t28-,29-/m0/s1. The van der Waals surface area contributed by atoms with Crippen molar-refractivity contribution >= 4 is 53.2 Å². The van der Waals surface area contributed by atoms with Crippen LogP contribution in [0.15, 0.2) is 109 Å². The number of para-hydroxylation sites is 2. The Morgan fingerprint density at radius 1 is 0.725 bits per heavy atom. The lowest BCUT2D eigenvalue weighted by Gasteiger charge is -2.25. The summed E-state index contributed by atoms with van der Waals surface area (Å²) in [6.07, 6.45) is -1.47. The maximum atomic E-state index is 11.3. The molecule has 5 rings (SSSR count). The smallest absolute Gasteiger partial charge is 0.479 e. The lowest BCUT2D eigenvalue weighted by molar-refractivity contribution is -0.156. The summed E-state index contributed by atoms with van der Waals surface area (Å²) in [5.41, 5.74) is 5.36. The number of hydrogen-bond donors (Lipinski definition) is 2. The van der Waals surface area contributed by atoms with Crippen LogP contribution in [-0.2, 0) is 18.9 Å². The fourth-order valence-corrected chi connectivity index (χ4v) is 4.46. The van der Waals surface area contributed by atoms with E-state index in [-0.39, 0.29) is 0 Å². The SMILES string of the molecule is N#C/C(=C\c1ccc(B2O[C@H](C(=O)O)[C@@H](C(=O)O)O2)cc1)c1ccc(N(c2ccccc2)c2ccccc2)cc1. The topological polar surface area (TPSA) is 120 Å². The van der Waals surface area contributed by atoms with E-state index in [1.807, 2.05) is 84.9 Å². The minimum Gasteiger partial charge on any atom is -0.479 e. The highest BCUT2D eigenvalue weighted by molar-refractivity contribution is 6.62. The lowest BCUT2D eigenvalue weighted by atomic mass is 9.79. The van der Waals surface area contributed by atoms with Crippen LogP contribution in [-0.4, -0.2) is 41.5 Å². The Hall–Kier alpha value is -5.17. The molecule has 9 heteroatoms. The number of rotatable bonds is 8. The normalized spacial score (nSPS) is 16.8. The van der Waals surface area contributed by atoms with Gasteiger partial charge in [-0.05, 0) is 59.1 Å². The summed E-state index contributed by atoms with van der Waals surface area (Å²) in [7, 11) is -1.12. The highest BCUT2D eigenvalue weighted by Gasteiger charge is 2.48. The largest absolute Gasteiger partial charge is 0.495 e. The first-order valence-corrected chi connectivity index (χ1v) is 12.4. The molecule has 8 nitrogen and oxygen atoms in total. The summed E-state index contributed by atoms with van der Waals surface area (Å²) < 4.78 is 10.6. The first-order chi connectivity index (χ1) is 19.4. The number of nitrogens with zero attached hydrogens (tertiary/aromatic N) is 2. The zero-order chi connectivity index (χ0) is 28.1. The number of anilines is 3. The third-order valence-corrected chi connectivity index (χ3v) is 6.41. The third-order valence-electron chi connectivity index (χ3n) is 6.41. The Labute approximate surface area is 231 Å². The Morgan fingerprint density at radius 3 is 1.65 bits per heavy atom. The molecule has 0 amide bonds. The van der Waals surface area contributed by atoms with Crippen LogP contribution in [0.5, 0.6) is 0 Å². The van der Waals surface area contributed by atoms with E-state index in [1.165, 1.54) is 0 Å². The molecule has 0 saturated carbocycles. The van der Waals surface area contributed by atoms with E-state index in [2.05, 4.69) is 11.0 Å². The maximum absolute atomic E-state index is 11.3. The van der Waals surface area contributed by atoms with Gasteiger partial charge in [0.1, 0.15) is 0 Å². The molecule has 1 aliphatic heterocycles. The van der Waals surface area contributed by atoms with Gasteiger partial charge in [-0.1, -0.05) is 72.8 Å². The van der Waals surface area contributed by atoms with Crippen molar-refractivity contribution in [2.45, 2.75) is 12.2 Å². The van der Waals surface area contributed by atoms with Crippen LogP contribution in [0.25, 0.3) is 11.6 Å². The van der Waals surface area contributed by atoms with Crippen molar-refractivity contribution in [2.75, 3.05) is 4.90 Å². The molecular formula is C31H23BN2O6. The molecule has 1 fully saturated rings. The fourth-order valence-electron chi connectivity index (χ4n) is 4.46. The molecule has 1 saturated heterocycles. The molecule has 2 N–H and O–H groups in total. The predicted molar refractivity (Wildman–Crippen MR) is 151 cm³/mol. The van der Waals surface area contributed by atoms with Crippen LogP contribution in [0.4, 0.5) is 17.1 Å². The van der Waals surface area contributed by atoms with Crippen molar-refractivity contribution in [3.8, 4) is 6.07 Å². The van der Waals surface area contributed by atoms with Crippen molar-refractivity contribution in [1.29, 1.82) is 5.26 Å². The predicted octanol–water partition coefficient (Wildman–Crippen LogP) is 4.87. The first-order valence-electron chi connectivity index (χ1n) is 12.4. The molecule has 4 aromatic carbocycles. The molecule has 0 aliphatic carbocycles. The van der Waals surface area contributed by atoms with E-state index in [0.29, 0.717) is 11.0 Å². The molecule has 0 aromatic heterocycles. The second-order valence-electron chi connectivity index (χ2n) is 9.01. The Kier molecular flexibility index (Phi) is 7.74. The highest BCUT2D eigenvalue weighted by Crippen LogP contribution is 2.34. The highest BCUT2D eigenvalue weighted by atomic mass is 16.7. The summed E-state index contributed by atoms with van der Waals surface area (Å²) >= 11 is 0. The Morgan fingerprint density at radius 2 is 1.20 bits per heavy atom. The summed E-state index contributed by atoms with van der Waals surface area (Å²) in [6, 6.07) is 36.8. The second kappa shape index (κ2) is 11.7. The molecule has 0 unspecified atom stereocenters. The van der Waals surface area contributed by atoms with Crippen molar-refractivity contribution in [2.24, 2.45) is 0 Å². The van der Waals surface area contributed by atoms with Gasteiger partial charge in [0, 0.05) is 17.1 Å². The van der Waals surface area contributed by atoms with Gasteiger partial charge in [0.25, 0.3) is 0 Å². The summed E-state index contributed by atoms with van der Waals surface area (Å²) in [4.78, 5) is 24.8. The van der Waals surface area contributed by atoms with E-state index < -0.39 is 31.3 Å². The van der Waals surface area contributed by atoms with Gasteiger partial charge in [0.05, 0.1) is 11.6 Å². The summed E-state index contributed by atoms with van der Waals surface area (Å²) in [5.74, 6) is -2.82. The molecule has 1 aliphatic rings. The minimum atomic E-state index is -1.60. The van der Waals surface area contributed by atoms with Gasteiger partial charge in [-0.25, -0.2) is 9.59 Å². The number of nitriles is 1. The molecule has 0 radical (unpaired) electrons. The first kappa shape index (κ1) is 26.4. The van der Waals surface area contributed by atoms with Gasteiger partial charge in [-0.15, -0.1) is 0 Å². The van der Waals surface area contributed by atoms with Crippen LogP contribution in [0.2, 0.25) is 0 Å². The zero-order valence-electron chi connectivity index (χ0n) is 21.1. The second-order valence-corrected chi connectivity index (χ2v) is 9.01. The molecule has 40 heavy (non-hydrogen) atoms. The Bertz CT molecular complexity index is 1510. The van der Waals surface area contributed by atoms with Crippen molar-refractivity contribution in [3.05, 3.63) is 120 Å². The average molecular weight is 530 g/mol. The third kappa shape index (κ3) is 5.64. The minimum absolute atomic E-state index is 0.454. The van der Waals surface area contributed by atoms with Crippen LogP contribution in [0.3, 0.4) is 0 Å². The lowest BCUT2D eigenvalue weighted by Crippen LogP contribution is -2.36. The van der Waals surface area contributed by atoms with Gasteiger partial charge in [0.15, 0.2) is 12.2 Å². The van der Waals surface area contributed by atoms with Crippen LogP contribution in [0, 0.1) is 11.3 Å². The van der Waals surface area contributed by atoms with E-state index in [9.17, 15) is 25.1 Å². The van der Waals surface area contributed by atoms with Crippen molar-refractivity contribution in [3.63, 3.8) is 0 Å². The van der Waals surface area contributed by atoms with Crippen LogP contribution < -0.4 is 10.4 Å². The molecular weight excluding hydrogens is 507 g/mol. The number of carboxylic acids is 2. The van der Waals surface area contributed by atoms with E-state index in [1.54, 1.807) is 30.3 Å². The zero-order valence-corrected chi connectivity index (χ0v) is 21.1. The molecule has 2 atom stereocenters. The Balaban J connectivity index is 1.37. The monoisotopic (exact) mass is 530 g/mol. The van der Waals surface area contributed by atoms with Gasteiger partial charge in [0.2, 0.25) is 0 Å². The number of hydrogen-bond acceptors (Lipinski definition) is 6. The van der Waals surface area contributed by atoms with Crippen molar-refractivity contribution in [1.82, 2.24) is 0 Å². The van der Waals surface area contributed by atoms with Crippen molar-refractivity contribution < 1.29 is 29.1 Å². The number of carbonyl (C=O) groups is 2. The summed E-state index contributed by atoms with van der Waals surface area (Å²) in [5, 5.41) is 28.3. The van der Waals surface area contributed by atoms with Gasteiger partial charge in [-0.2, -0.15) is 5.26 Å². The average Bonchev–Trinajstić information content (AvgIpc) is 3.45. The van der Waals surface area contributed by atoms with E-state index in [0.717, 1.165) is 28.2 Å². The number of allylic oxidation sites excluding steroid dienone is 1. The van der Waals surface area contributed by atoms with Crippen LogP contribution in [0.1, 0.15) is 11.1 Å². The fraction of sp³-hybridized carbons (Fsp3) is 0.0645. The number of aliphatic carboxylic acids is 2. The molecule has 1 heterocycles. The molecule has 0 spiro atoms. The number of carboxylic acid groups (broad SMARTS) is 2. The molecule has 0 bridgehead atoms. The molecule has 196 valence electrons. The van der Waals surface area contributed by atoms with E-state index in [4.69, 9.17) is 9.31 Å². The van der Waals surface area contributed by atoms with E-state index >= 15 is 0 Å². The van der Waals surface area contributed by atoms with Crippen LogP contribution >= 0.6 is 0 Å². The quantitative estimate of drug-likeness (QED) is 0.188. The molecule has 4 aromatic rings. The number of benzene rings is 4.